The van der Waals surface area contributed by atoms with E-state index in [4.69, 9.17) is 30.9 Å². The van der Waals surface area contributed by atoms with Crippen LogP contribution in [0.4, 0.5) is 4.79 Å². The van der Waals surface area contributed by atoms with Crippen molar-refractivity contribution < 1.29 is 127 Å². The van der Waals surface area contributed by atoms with Crippen molar-refractivity contribution in [3.63, 3.8) is 0 Å². The van der Waals surface area contributed by atoms with Crippen molar-refractivity contribution in [1.29, 1.82) is 0 Å². The van der Waals surface area contributed by atoms with Gasteiger partial charge in [-0.25, -0.2) is 14.8 Å². The molecule has 0 saturated carbocycles. The number of fused-ring (bicyclic) bond motifs is 1. The molecule has 0 bridgehead atoms. The van der Waals surface area contributed by atoms with Crippen molar-refractivity contribution in [2.24, 2.45) is 0 Å². The van der Waals surface area contributed by atoms with Gasteiger partial charge in [0.2, 0.25) is 5.82 Å². The quantitative estimate of drug-likeness (QED) is 0.212. The van der Waals surface area contributed by atoms with E-state index >= 15 is 0 Å². The van der Waals surface area contributed by atoms with Gasteiger partial charge in [-0.15, -0.1) is 6.42 Å². The number of hydrogen-bond donors (Lipinski definition) is 0. The van der Waals surface area contributed by atoms with Gasteiger partial charge in [0, 0.05) is 33.9 Å². The first-order chi connectivity index (χ1) is 14.1. The number of ether oxygens (including phenoxy) is 2. The molecule has 0 N–H and O–H groups in total. The number of carboxylic acid groups (broad SMARTS) is 2. The Kier molecular flexibility index (Phi) is 15.8. The molecule has 164 valence electrons. The van der Waals surface area contributed by atoms with Crippen LogP contribution in [-0.4, -0.2) is 53.2 Å². The molecule has 1 aliphatic rings. The molecule has 0 spiro atoms. The van der Waals surface area contributed by atoms with Crippen LogP contribution in [0.2, 0.25) is 25.7 Å². The molecular weight excluding hydrogens is 487 g/mol. The fourth-order valence-electron chi connectivity index (χ4n) is 3.06. The van der Waals surface area contributed by atoms with Gasteiger partial charge in [-0.1, -0.05) is 19.6 Å². The Bertz CT molecular complexity index is 973. The molecule has 0 aromatic carbocycles. The summed E-state index contributed by atoms with van der Waals surface area (Å²) in [5.41, 5.74) is 1.12. The summed E-state index contributed by atoms with van der Waals surface area (Å²) in [5.74, 6) is 2.74. The number of carbonyl (C=O) groups excluding carboxylic acids is 1. The average molecular weight is 513 g/mol. The van der Waals surface area contributed by atoms with Gasteiger partial charge in [0.25, 0.3) is 0 Å². The zero-order valence-electron chi connectivity index (χ0n) is 19.4. The topological polar surface area (TPSA) is 134 Å². The summed E-state index contributed by atoms with van der Waals surface area (Å²) in [6, 6.07) is 1.11. The Morgan fingerprint density at radius 3 is 2.44 bits per heavy atom. The molecule has 0 radical (unpaired) electrons. The van der Waals surface area contributed by atoms with Gasteiger partial charge in [0.15, 0.2) is 5.65 Å². The normalized spacial score (nSPS) is 13.8. The average Bonchev–Trinajstić information content (AvgIpc) is 2.95. The zero-order chi connectivity index (χ0) is 22.3. The molecule has 1 fully saturated rings. The maximum absolute atomic E-state index is 13.1. The van der Waals surface area contributed by atoms with Crippen molar-refractivity contribution in [1.82, 2.24) is 19.1 Å². The van der Waals surface area contributed by atoms with Crippen LogP contribution in [0.3, 0.4) is 0 Å². The van der Waals surface area contributed by atoms with Crippen molar-refractivity contribution in [3.05, 3.63) is 22.5 Å². The minimum atomic E-state index is -2.33. The summed E-state index contributed by atoms with van der Waals surface area (Å²) in [4.78, 5) is 30.0. The van der Waals surface area contributed by atoms with E-state index in [1.807, 2.05) is 0 Å². The van der Waals surface area contributed by atoms with Crippen LogP contribution in [0.25, 0.3) is 11.2 Å². The summed E-state index contributed by atoms with van der Waals surface area (Å²) >= 11 is 0. The maximum atomic E-state index is 13.1. The first kappa shape index (κ1) is 32.6. The van der Waals surface area contributed by atoms with Crippen molar-refractivity contribution in [3.8, 4) is 12.3 Å². The standard InChI is InChI=1S/C18H26N4O3Si.CH2O3.2K/c1-5-16-19-12-15-17(20-16)22(14-6-8-24-9-7-14)18(23)21(15)13-25-10-11-26(2,3)4;2-1(3)4;;/h1,12,14H,6-11,13H2,2-4H3;(H2,2,3,4);;/q;;2*+1/p-2. The molecule has 10 nitrogen and oxygen atoms in total. The third kappa shape index (κ3) is 10.1. The number of imidazole rings is 1. The van der Waals surface area contributed by atoms with Crippen LogP contribution in [0.1, 0.15) is 24.7 Å². The van der Waals surface area contributed by atoms with Crippen LogP contribution in [0.5, 0.6) is 0 Å². The monoisotopic (exact) mass is 512 g/mol. The van der Waals surface area contributed by atoms with E-state index in [0.29, 0.717) is 31.0 Å². The first-order valence-corrected chi connectivity index (χ1v) is 13.3. The molecule has 13 heteroatoms. The van der Waals surface area contributed by atoms with Gasteiger partial charge in [0.05, 0.1) is 6.20 Å². The molecule has 0 amide bonds. The van der Waals surface area contributed by atoms with Crippen molar-refractivity contribution in [2.45, 2.75) is 51.3 Å². The predicted molar refractivity (Wildman–Crippen MR) is 108 cm³/mol. The summed E-state index contributed by atoms with van der Waals surface area (Å²) < 4.78 is 14.6. The van der Waals surface area contributed by atoms with E-state index in [1.54, 1.807) is 15.3 Å². The third-order valence-electron chi connectivity index (χ3n) is 4.61. The maximum Gasteiger partial charge on any atom is 1.00 e. The fraction of sp³-hybridized carbons (Fsp3) is 0.579. The van der Waals surface area contributed by atoms with Gasteiger partial charge in [-0.3, -0.25) is 9.13 Å². The molecule has 3 heterocycles. The molecule has 2 aromatic heterocycles. The van der Waals surface area contributed by atoms with E-state index in [-0.39, 0.29) is 127 Å². The van der Waals surface area contributed by atoms with Crippen LogP contribution in [-0.2, 0) is 16.2 Å². The van der Waals surface area contributed by atoms with Crippen molar-refractivity contribution in [2.75, 3.05) is 19.8 Å². The van der Waals surface area contributed by atoms with Gasteiger partial charge in [-0.2, -0.15) is 0 Å². The largest absolute Gasteiger partial charge is 1.00 e. The number of rotatable bonds is 6. The van der Waals surface area contributed by atoms with Gasteiger partial charge in [0.1, 0.15) is 12.2 Å². The van der Waals surface area contributed by atoms with Crippen LogP contribution >= 0.6 is 0 Å². The second-order valence-electron chi connectivity index (χ2n) is 8.07. The fourth-order valence-corrected chi connectivity index (χ4v) is 3.82. The van der Waals surface area contributed by atoms with E-state index in [1.165, 1.54) is 0 Å². The molecule has 0 atom stereocenters. The Labute approximate surface area is 273 Å². The third-order valence-corrected chi connectivity index (χ3v) is 6.31. The van der Waals surface area contributed by atoms with E-state index in [9.17, 15) is 4.79 Å². The zero-order valence-corrected chi connectivity index (χ0v) is 26.7. The van der Waals surface area contributed by atoms with Gasteiger partial charge < -0.3 is 24.5 Å². The minimum Gasteiger partial charge on any atom is -0.652 e. The smallest absolute Gasteiger partial charge is 0.652 e. The number of hydrogen-bond acceptors (Lipinski definition) is 8. The molecule has 3 rings (SSSR count). The Hall–Kier alpha value is 0.590. The number of nitrogens with zero attached hydrogens (tertiary/aromatic N) is 4. The molecule has 0 aliphatic carbocycles. The van der Waals surface area contributed by atoms with Crippen LogP contribution < -0.4 is 119 Å². The number of terminal acetylenes is 1. The van der Waals surface area contributed by atoms with E-state index in [0.717, 1.165) is 18.9 Å². The Morgan fingerprint density at radius 2 is 1.91 bits per heavy atom. The second-order valence-corrected chi connectivity index (χ2v) is 13.7. The Morgan fingerprint density at radius 1 is 1.31 bits per heavy atom. The summed E-state index contributed by atoms with van der Waals surface area (Å²) in [7, 11) is -1.17. The molecule has 0 unspecified atom stereocenters. The SMILES string of the molecule is C#Cc1ncc2c(n1)n(C1CCOCC1)c(=O)n2COCC[Si](C)(C)C.O=C([O-])[O-].[K+].[K+]. The molecule has 1 aliphatic heterocycles. The molecule has 32 heavy (non-hydrogen) atoms. The summed E-state index contributed by atoms with van der Waals surface area (Å²) in [6.07, 6.45) is 6.30. The minimum absolute atomic E-state index is 0. The Balaban J connectivity index is 0.00000148. The van der Waals surface area contributed by atoms with Crippen LogP contribution in [0.15, 0.2) is 11.0 Å². The predicted octanol–water partition coefficient (Wildman–Crippen LogP) is -6.20. The van der Waals surface area contributed by atoms with Gasteiger partial charge in [-0.05, 0) is 31.0 Å². The summed E-state index contributed by atoms with van der Waals surface area (Å²) in [6.45, 7) is 9.04. The molecular formula is C19H26K2N4O6Si. The first-order valence-electron chi connectivity index (χ1n) is 9.62. The van der Waals surface area contributed by atoms with Crippen LogP contribution in [0, 0.1) is 12.3 Å². The number of carbonyl (C=O) groups is 1. The number of aromatic nitrogens is 4. The molecule has 1 saturated heterocycles. The van der Waals surface area contributed by atoms with E-state index < -0.39 is 14.2 Å². The van der Waals surface area contributed by atoms with E-state index in [2.05, 4.69) is 35.5 Å². The second kappa shape index (κ2) is 15.6. The van der Waals surface area contributed by atoms with Gasteiger partial charge >= 0.3 is 108 Å². The summed E-state index contributed by atoms with van der Waals surface area (Å²) in [5, 5.41) is 16.7. The van der Waals surface area contributed by atoms with Crippen molar-refractivity contribution >= 4 is 25.4 Å². The molecule has 2 aromatic rings.